The van der Waals surface area contributed by atoms with Crippen LogP contribution in [0.25, 0.3) is 0 Å². The lowest BCUT2D eigenvalue weighted by Crippen LogP contribution is -2.20. The van der Waals surface area contributed by atoms with E-state index in [4.69, 9.17) is 4.74 Å². The van der Waals surface area contributed by atoms with Crippen LogP contribution in [0.5, 0.6) is 5.75 Å². The van der Waals surface area contributed by atoms with Crippen LogP contribution in [-0.4, -0.2) is 12.5 Å². The highest BCUT2D eigenvalue weighted by atomic mass is 79.9. The summed E-state index contributed by atoms with van der Waals surface area (Å²) in [5, 5.41) is 2.84. The van der Waals surface area contributed by atoms with Crippen LogP contribution in [0.4, 0.5) is 5.69 Å². The zero-order valence-electron chi connectivity index (χ0n) is 11.4. The number of nitrogens with one attached hydrogen (secondary N) is 1. The number of carbonyl (C=O) groups excluding carboxylic acids is 1. The Kier molecular flexibility index (Phi) is 4.79. The minimum atomic E-state index is -0.170. The molecule has 4 heteroatoms. The Balaban J connectivity index is 1.92. The van der Waals surface area contributed by atoms with Crippen molar-refractivity contribution in [2.75, 3.05) is 11.9 Å². The number of hydrogen-bond donors (Lipinski definition) is 1. The molecule has 2 aromatic carbocycles. The molecule has 0 bridgehead atoms. The van der Waals surface area contributed by atoms with E-state index in [2.05, 4.69) is 21.2 Å². The minimum absolute atomic E-state index is 0.00103. The van der Waals surface area contributed by atoms with Crippen molar-refractivity contribution in [1.82, 2.24) is 0 Å². The van der Waals surface area contributed by atoms with Gasteiger partial charge in [-0.25, -0.2) is 0 Å². The highest BCUT2D eigenvalue weighted by Gasteiger charge is 2.06. The minimum Gasteiger partial charge on any atom is -0.484 e. The van der Waals surface area contributed by atoms with Gasteiger partial charge in [-0.2, -0.15) is 0 Å². The fraction of sp³-hybridized carbons (Fsp3) is 0.188. The molecule has 0 aromatic heterocycles. The molecule has 0 aliphatic rings. The molecule has 0 spiro atoms. The van der Waals surface area contributed by atoms with Gasteiger partial charge in [0.15, 0.2) is 6.61 Å². The monoisotopic (exact) mass is 333 g/mol. The van der Waals surface area contributed by atoms with E-state index in [1.165, 1.54) is 0 Å². The van der Waals surface area contributed by atoms with E-state index in [1.807, 2.05) is 56.3 Å². The van der Waals surface area contributed by atoms with Crippen molar-refractivity contribution in [1.29, 1.82) is 0 Å². The number of aryl methyl sites for hydroxylation is 2. The second-order valence-corrected chi connectivity index (χ2v) is 5.53. The van der Waals surface area contributed by atoms with E-state index in [0.29, 0.717) is 5.75 Å². The summed E-state index contributed by atoms with van der Waals surface area (Å²) in [6.45, 7) is 3.93. The van der Waals surface area contributed by atoms with Crippen LogP contribution in [0.2, 0.25) is 0 Å². The molecule has 0 aliphatic carbocycles. The van der Waals surface area contributed by atoms with Gasteiger partial charge in [0.2, 0.25) is 0 Å². The first kappa shape index (κ1) is 14.6. The Bertz CT molecular complexity index is 626. The van der Waals surface area contributed by atoms with Crippen LogP contribution in [-0.2, 0) is 4.79 Å². The number of halogens is 1. The molecule has 104 valence electrons. The quantitative estimate of drug-likeness (QED) is 0.915. The van der Waals surface area contributed by atoms with Gasteiger partial charge < -0.3 is 10.1 Å². The molecule has 2 aromatic rings. The second kappa shape index (κ2) is 6.57. The van der Waals surface area contributed by atoms with Gasteiger partial charge in [0.05, 0.1) is 0 Å². The van der Waals surface area contributed by atoms with Gasteiger partial charge in [-0.1, -0.05) is 28.1 Å². The third-order valence-electron chi connectivity index (χ3n) is 2.82. The number of amides is 1. The second-order valence-electron chi connectivity index (χ2n) is 4.61. The van der Waals surface area contributed by atoms with Crippen molar-refractivity contribution in [2.45, 2.75) is 13.8 Å². The lowest BCUT2D eigenvalue weighted by Gasteiger charge is -2.10. The average Bonchev–Trinajstić information content (AvgIpc) is 2.40. The summed E-state index contributed by atoms with van der Waals surface area (Å²) in [5.74, 6) is 0.532. The molecular weight excluding hydrogens is 318 g/mol. The van der Waals surface area contributed by atoms with Gasteiger partial charge in [0.25, 0.3) is 5.91 Å². The van der Waals surface area contributed by atoms with Gasteiger partial charge >= 0.3 is 0 Å². The van der Waals surface area contributed by atoms with E-state index >= 15 is 0 Å². The van der Waals surface area contributed by atoms with Gasteiger partial charge in [0.1, 0.15) is 5.75 Å². The van der Waals surface area contributed by atoms with Gasteiger partial charge in [0, 0.05) is 10.2 Å². The summed E-state index contributed by atoms with van der Waals surface area (Å²) in [6, 6.07) is 13.3. The van der Waals surface area contributed by atoms with Crippen LogP contribution in [0, 0.1) is 13.8 Å². The molecule has 1 N–H and O–H groups in total. The molecule has 20 heavy (non-hydrogen) atoms. The molecular formula is C16H16BrNO2. The average molecular weight is 334 g/mol. The van der Waals surface area contributed by atoms with Crippen molar-refractivity contribution in [3.8, 4) is 5.75 Å². The largest absolute Gasteiger partial charge is 0.484 e. The molecule has 0 aliphatic heterocycles. The summed E-state index contributed by atoms with van der Waals surface area (Å²) >= 11 is 3.39. The molecule has 1 amide bonds. The highest BCUT2D eigenvalue weighted by molar-refractivity contribution is 9.10. The van der Waals surface area contributed by atoms with E-state index < -0.39 is 0 Å². The predicted octanol–water partition coefficient (Wildman–Crippen LogP) is 4.08. The van der Waals surface area contributed by atoms with Crippen molar-refractivity contribution in [2.24, 2.45) is 0 Å². The number of carbonyl (C=O) groups is 1. The highest BCUT2D eigenvalue weighted by Crippen LogP contribution is 2.20. The molecule has 2 rings (SSSR count). The Morgan fingerprint density at radius 1 is 1.20 bits per heavy atom. The van der Waals surface area contributed by atoms with Crippen LogP contribution in [0.1, 0.15) is 11.1 Å². The first-order chi connectivity index (χ1) is 9.54. The van der Waals surface area contributed by atoms with Gasteiger partial charge in [-0.3, -0.25) is 4.79 Å². The number of ether oxygens (including phenoxy) is 1. The number of hydrogen-bond acceptors (Lipinski definition) is 2. The maximum atomic E-state index is 11.9. The van der Waals surface area contributed by atoms with E-state index in [0.717, 1.165) is 21.3 Å². The van der Waals surface area contributed by atoms with Crippen LogP contribution in [0.15, 0.2) is 46.9 Å². The summed E-state index contributed by atoms with van der Waals surface area (Å²) in [4.78, 5) is 11.9. The molecule has 0 fully saturated rings. The third kappa shape index (κ3) is 4.10. The van der Waals surface area contributed by atoms with E-state index in [9.17, 15) is 4.79 Å². The fourth-order valence-corrected chi connectivity index (χ4v) is 2.28. The molecule has 0 atom stereocenters. The van der Waals surface area contributed by atoms with Gasteiger partial charge in [-0.15, -0.1) is 0 Å². The zero-order chi connectivity index (χ0) is 14.5. The van der Waals surface area contributed by atoms with Crippen molar-refractivity contribution in [3.05, 3.63) is 58.1 Å². The number of anilines is 1. The van der Waals surface area contributed by atoms with Crippen LogP contribution < -0.4 is 10.1 Å². The standard InChI is InChI=1S/C16H16BrNO2/c1-11-4-3-5-14(8-11)20-10-16(19)18-15-7-6-13(17)9-12(15)2/h3-9H,10H2,1-2H3,(H,18,19). The maximum absolute atomic E-state index is 11.9. The lowest BCUT2D eigenvalue weighted by molar-refractivity contribution is -0.118. The zero-order valence-corrected chi connectivity index (χ0v) is 13.0. The van der Waals surface area contributed by atoms with E-state index in [1.54, 1.807) is 0 Å². The molecule has 0 radical (unpaired) electrons. The van der Waals surface area contributed by atoms with Crippen molar-refractivity contribution in [3.63, 3.8) is 0 Å². The summed E-state index contributed by atoms with van der Waals surface area (Å²) in [7, 11) is 0. The summed E-state index contributed by atoms with van der Waals surface area (Å²) in [5.41, 5.74) is 2.90. The Morgan fingerprint density at radius 3 is 2.70 bits per heavy atom. The third-order valence-corrected chi connectivity index (χ3v) is 3.32. The summed E-state index contributed by atoms with van der Waals surface area (Å²) < 4.78 is 6.45. The van der Waals surface area contributed by atoms with Crippen molar-refractivity contribution >= 4 is 27.5 Å². The predicted molar refractivity (Wildman–Crippen MR) is 84.2 cm³/mol. The van der Waals surface area contributed by atoms with Crippen molar-refractivity contribution < 1.29 is 9.53 Å². The Hall–Kier alpha value is -1.81. The number of rotatable bonds is 4. The lowest BCUT2D eigenvalue weighted by atomic mass is 10.2. The topological polar surface area (TPSA) is 38.3 Å². The Morgan fingerprint density at radius 2 is 2.00 bits per heavy atom. The van der Waals surface area contributed by atoms with Crippen LogP contribution >= 0.6 is 15.9 Å². The fourth-order valence-electron chi connectivity index (χ4n) is 1.81. The smallest absolute Gasteiger partial charge is 0.262 e. The molecule has 0 unspecified atom stereocenters. The molecule has 0 saturated carbocycles. The Labute approximate surface area is 127 Å². The SMILES string of the molecule is Cc1cccc(OCC(=O)Nc2ccc(Br)cc2C)c1. The first-order valence-corrected chi connectivity index (χ1v) is 7.09. The van der Waals surface area contributed by atoms with Crippen LogP contribution in [0.3, 0.4) is 0 Å². The first-order valence-electron chi connectivity index (χ1n) is 6.30. The molecule has 0 saturated heterocycles. The molecule has 0 heterocycles. The summed E-state index contributed by atoms with van der Waals surface area (Å²) in [6.07, 6.45) is 0. The van der Waals surface area contributed by atoms with E-state index in [-0.39, 0.29) is 12.5 Å². The van der Waals surface area contributed by atoms with Gasteiger partial charge in [-0.05, 0) is 55.3 Å². The molecule has 3 nitrogen and oxygen atoms in total. The maximum Gasteiger partial charge on any atom is 0.262 e. The number of benzene rings is 2. The normalized spacial score (nSPS) is 10.2.